The number of piperidine rings is 1. The Kier molecular flexibility index (Phi) is 3.49. The molecule has 0 aromatic rings. The Morgan fingerprint density at radius 3 is 2.50 bits per heavy atom. The molecule has 0 radical (unpaired) electrons. The van der Waals surface area contributed by atoms with Crippen LogP contribution in [0, 0.1) is 0 Å². The number of carboxylic acids is 1. The first-order valence-electron chi connectivity index (χ1n) is 4.30. The minimum absolute atomic E-state index is 0.175. The van der Waals surface area contributed by atoms with Crippen molar-refractivity contribution in [3.05, 3.63) is 0 Å². The van der Waals surface area contributed by atoms with Gasteiger partial charge in [0.25, 0.3) is 0 Å². The quantitative estimate of drug-likeness (QED) is 0.626. The van der Waals surface area contributed by atoms with Gasteiger partial charge in [-0.1, -0.05) is 0 Å². The molecule has 1 rings (SSSR count). The van der Waals surface area contributed by atoms with Crippen molar-refractivity contribution in [1.82, 2.24) is 4.90 Å². The fraction of sp³-hybridized carbons (Fsp3) is 0.875. The summed E-state index contributed by atoms with van der Waals surface area (Å²) in [6.45, 7) is 2.27. The third-order valence-corrected chi connectivity index (χ3v) is 2.20. The molecule has 1 fully saturated rings. The van der Waals surface area contributed by atoms with Crippen LogP contribution in [-0.2, 0) is 4.79 Å². The van der Waals surface area contributed by atoms with Gasteiger partial charge in [0.1, 0.15) is 0 Å². The smallest absolute Gasteiger partial charge is 0.304 e. The monoisotopic (exact) mass is 173 g/mol. The van der Waals surface area contributed by atoms with Crippen LogP contribution in [0.1, 0.15) is 19.3 Å². The number of likely N-dealkylation sites (tertiary alicyclic amines) is 1. The van der Waals surface area contributed by atoms with Crippen LogP contribution in [0.5, 0.6) is 0 Å². The van der Waals surface area contributed by atoms with Gasteiger partial charge in [-0.15, -0.1) is 0 Å². The molecule has 1 aliphatic rings. The Balaban J connectivity index is 2.13. The van der Waals surface area contributed by atoms with Gasteiger partial charge >= 0.3 is 5.97 Å². The van der Waals surface area contributed by atoms with Gasteiger partial charge in [-0.3, -0.25) is 4.79 Å². The number of aliphatic carboxylic acids is 1. The number of nitrogens with zero attached hydrogens (tertiary/aromatic N) is 1. The summed E-state index contributed by atoms with van der Waals surface area (Å²) in [6.07, 6.45) is 1.58. The average molecular weight is 173 g/mol. The Bertz CT molecular complexity index is 152. The van der Waals surface area contributed by atoms with E-state index in [0.717, 1.165) is 25.9 Å². The van der Waals surface area contributed by atoms with Crippen molar-refractivity contribution in [3.8, 4) is 0 Å². The largest absolute Gasteiger partial charge is 0.481 e. The molecular weight excluding hydrogens is 158 g/mol. The van der Waals surface area contributed by atoms with Crippen LogP contribution in [0.3, 0.4) is 0 Å². The number of carbonyl (C=O) groups is 1. The second-order valence-corrected chi connectivity index (χ2v) is 3.22. The molecule has 70 valence electrons. The molecule has 1 aliphatic heterocycles. The molecule has 0 bridgehead atoms. The molecule has 4 heteroatoms. The first-order valence-corrected chi connectivity index (χ1v) is 4.30. The lowest BCUT2D eigenvalue weighted by Gasteiger charge is -2.28. The summed E-state index contributed by atoms with van der Waals surface area (Å²) in [7, 11) is 0. The van der Waals surface area contributed by atoms with Gasteiger partial charge in [0, 0.05) is 19.6 Å². The van der Waals surface area contributed by atoms with Crippen LogP contribution in [0.25, 0.3) is 0 Å². The lowest BCUT2D eigenvalue weighted by atomic mass is 10.1. The highest BCUT2D eigenvalue weighted by Crippen LogP contribution is 2.09. The maximum absolute atomic E-state index is 10.2. The normalized spacial score (nSPS) is 21.1. The molecule has 0 aliphatic carbocycles. The summed E-state index contributed by atoms with van der Waals surface area (Å²) in [5.41, 5.74) is 0. The van der Waals surface area contributed by atoms with E-state index < -0.39 is 5.97 Å². The molecular formula is C8H15NO3. The van der Waals surface area contributed by atoms with Gasteiger partial charge in [0.2, 0.25) is 0 Å². The Labute approximate surface area is 71.8 Å². The fourth-order valence-electron chi connectivity index (χ4n) is 1.40. The number of carboxylic acid groups (broad SMARTS) is 1. The third-order valence-electron chi connectivity index (χ3n) is 2.20. The van der Waals surface area contributed by atoms with E-state index in [0.29, 0.717) is 6.54 Å². The molecule has 0 amide bonds. The van der Waals surface area contributed by atoms with Crippen LogP contribution < -0.4 is 0 Å². The minimum atomic E-state index is -0.749. The van der Waals surface area contributed by atoms with Gasteiger partial charge in [0.05, 0.1) is 12.5 Å². The number of aliphatic hydroxyl groups is 1. The van der Waals surface area contributed by atoms with Gasteiger partial charge in [-0.2, -0.15) is 0 Å². The van der Waals surface area contributed by atoms with Crippen molar-refractivity contribution in [2.45, 2.75) is 25.4 Å². The molecule has 1 heterocycles. The van der Waals surface area contributed by atoms with Crippen LogP contribution >= 0.6 is 0 Å². The van der Waals surface area contributed by atoms with Crippen molar-refractivity contribution in [1.29, 1.82) is 0 Å². The van der Waals surface area contributed by atoms with Crippen molar-refractivity contribution < 1.29 is 15.0 Å². The topological polar surface area (TPSA) is 60.8 Å². The van der Waals surface area contributed by atoms with Gasteiger partial charge in [-0.25, -0.2) is 0 Å². The predicted molar refractivity (Wildman–Crippen MR) is 43.9 cm³/mol. The van der Waals surface area contributed by atoms with E-state index >= 15 is 0 Å². The van der Waals surface area contributed by atoms with Crippen LogP contribution in [-0.4, -0.2) is 46.8 Å². The average Bonchev–Trinajstić information content (AvgIpc) is 2.03. The third kappa shape index (κ3) is 3.19. The van der Waals surface area contributed by atoms with E-state index in [-0.39, 0.29) is 12.5 Å². The molecule has 2 N–H and O–H groups in total. The molecule has 0 aromatic carbocycles. The maximum atomic E-state index is 10.2. The molecule has 0 spiro atoms. The standard InChI is InChI=1S/C8H15NO3/c10-7-1-4-9(5-2-7)6-3-8(11)12/h7,10H,1-6H2,(H,11,12). The summed E-state index contributed by atoms with van der Waals surface area (Å²) in [5.74, 6) is -0.749. The molecule has 4 nitrogen and oxygen atoms in total. The number of hydrogen-bond donors (Lipinski definition) is 2. The van der Waals surface area contributed by atoms with E-state index in [4.69, 9.17) is 10.2 Å². The van der Waals surface area contributed by atoms with Gasteiger partial charge in [-0.05, 0) is 12.8 Å². The summed E-state index contributed by atoms with van der Waals surface area (Å²) < 4.78 is 0. The summed E-state index contributed by atoms with van der Waals surface area (Å²) in [4.78, 5) is 12.3. The molecule has 0 saturated carbocycles. The van der Waals surface area contributed by atoms with Crippen LogP contribution in [0.15, 0.2) is 0 Å². The maximum Gasteiger partial charge on any atom is 0.304 e. The summed E-state index contributed by atoms with van der Waals surface area (Å²) >= 11 is 0. The summed E-state index contributed by atoms with van der Waals surface area (Å²) in [6, 6.07) is 0. The molecule has 1 saturated heterocycles. The number of hydrogen-bond acceptors (Lipinski definition) is 3. The van der Waals surface area contributed by atoms with Crippen molar-refractivity contribution in [2.24, 2.45) is 0 Å². The zero-order chi connectivity index (χ0) is 8.97. The van der Waals surface area contributed by atoms with Crippen molar-refractivity contribution in [2.75, 3.05) is 19.6 Å². The zero-order valence-corrected chi connectivity index (χ0v) is 7.07. The van der Waals surface area contributed by atoms with E-state index in [1.54, 1.807) is 0 Å². The Morgan fingerprint density at radius 2 is 2.00 bits per heavy atom. The second kappa shape index (κ2) is 4.42. The van der Waals surface area contributed by atoms with E-state index in [2.05, 4.69) is 4.90 Å². The minimum Gasteiger partial charge on any atom is -0.481 e. The lowest BCUT2D eigenvalue weighted by Crippen LogP contribution is -2.37. The van der Waals surface area contributed by atoms with Crippen molar-refractivity contribution >= 4 is 5.97 Å². The van der Waals surface area contributed by atoms with E-state index in [1.165, 1.54) is 0 Å². The fourth-order valence-corrected chi connectivity index (χ4v) is 1.40. The van der Waals surface area contributed by atoms with Crippen LogP contribution in [0.2, 0.25) is 0 Å². The van der Waals surface area contributed by atoms with E-state index in [9.17, 15) is 4.79 Å². The summed E-state index contributed by atoms with van der Waals surface area (Å²) in [5, 5.41) is 17.6. The first kappa shape index (κ1) is 9.48. The second-order valence-electron chi connectivity index (χ2n) is 3.22. The highest BCUT2D eigenvalue weighted by atomic mass is 16.4. The molecule has 0 aromatic heterocycles. The molecule has 12 heavy (non-hydrogen) atoms. The van der Waals surface area contributed by atoms with Crippen molar-refractivity contribution in [3.63, 3.8) is 0 Å². The zero-order valence-electron chi connectivity index (χ0n) is 7.07. The van der Waals surface area contributed by atoms with Gasteiger partial charge in [0.15, 0.2) is 0 Å². The SMILES string of the molecule is O=C(O)CCN1CCC(O)CC1. The van der Waals surface area contributed by atoms with Gasteiger partial charge < -0.3 is 15.1 Å². The highest BCUT2D eigenvalue weighted by molar-refractivity contribution is 5.66. The molecule has 0 atom stereocenters. The number of rotatable bonds is 3. The lowest BCUT2D eigenvalue weighted by molar-refractivity contribution is -0.137. The highest BCUT2D eigenvalue weighted by Gasteiger charge is 2.16. The first-order chi connectivity index (χ1) is 5.68. The number of aliphatic hydroxyl groups excluding tert-OH is 1. The molecule has 0 unspecified atom stereocenters. The Morgan fingerprint density at radius 1 is 1.42 bits per heavy atom. The Hall–Kier alpha value is -0.610. The van der Waals surface area contributed by atoms with Crippen LogP contribution in [0.4, 0.5) is 0 Å². The van der Waals surface area contributed by atoms with E-state index in [1.807, 2.05) is 0 Å². The predicted octanol–water partition coefficient (Wildman–Crippen LogP) is -0.0822.